The molecule has 2 aromatic rings. The van der Waals surface area contributed by atoms with Gasteiger partial charge in [-0.25, -0.2) is 4.98 Å². The molecule has 20 heavy (non-hydrogen) atoms. The highest BCUT2D eigenvalue weighted by molar-refractivity contribution is 5.39. The van der Waals surface area contributed by atoms with Crippen LogP contribution in [0.5, 0.6) is 5.88 Å². The minimum absolute atomic E-state index is 0.628. The largest absolute Gasteiger partial charge is 0.478 e. The monoisotopic (exact) mass is 272 g/mol. The number of aromatic nitrogens is 3. The number of aryl methyl sites for hydroxylation is 1. The van der Waals surface area contributed by atoms with Crippen LogP contribution in [0.15, 0.2) is 30.6 Å². The lowest BCUT2D eigenvalue weighted by Gasteiger charge is -2.09. The Morgan fingerprint density at radius 1 is 1.20 bits per heavy atom. The minimum Gasteiger partial charge on any atom is -0.478 e. The molecule has 0 spiro atoms. The maximum absolute atomic E-state index is 5.62. The average Bonchev–Trinajstić information content (AvgIpc) is 2.46. The molecule has 1 N–H and O–H groups in total. The van der Waals surface area contributed by atoms with Gasteiger partial charge < -0.3 is 10.1 Å². The van der Waals surface area contributed by atoms with E-state index in [1.165, 1.54) is 0 Å². The number of anilines is 1. The van der Waals surface area contributed by atoms with E-state index < -0.39 is 0 Å². The first kappa shape index (κ1) is 14.2. The van der Waals surface area contributed by atoms with E-state index >= 15 is 0 Å². The SMILES string of the molecule is CCCCOc1cc(NCc2ccncc2)nc(C)n1. The van der Waals surface area contributed by atoms with Crippen LogP contribution in [0.4, 0.5) is 5.82 Å². The van der Waals surface area contributed by atoms with Crippen LogP contribution >= 0.6 is 0 Å². The highest BCUT2D eigenvalue weighted by Gasteiger charge is 2.03. The number of nitrogens with zero attached hydrogens (tertiary/aromatic N) is 3. The summed E-state index contributed by atoms with van der Waals surface area (Å²) in [5.41, 5.74) is 1.16. The Kier molecular flexibility index (Phi) is 5.29. The number of unbranched alkanes of at least 4 members (excludes halogenated alkanes) is 1. The third-order valence-corrected chi connectivity index (χ3v) is 2.79. The number of ether oxygens (including phenoxy) is 1. The van der Waals surface area contributed by atoms with E-state index in [2.05, 4.69) is 27.2 Å². The molecule has 0 saturated heterocycles. The van der Waals surface area contributed by atoms with Gasteiger partial charge in [0.05, 0.1) is 6.61 Å². The Balaban J connectivity index is 1.97. The molecule has 0 aliphatic carbocycles. The lowest BCUT2D eigenvalue weighted by Crippen LogP contribution is -2.05. The van der Waals surface area contributed by atoms with Crippen LogP contribution in [0.2, 0.25) is 0 Å². The summed E-state index contributed by atoms with van der Waals surface area (Å²) in [6, 6.07) is 5.78. The summed E-state index contributed by atoms with van der Waals surface area (Å²) in [6.45, 7) is 5.39. The first-order chi connectivity index (χ1) is 9.78. The third kappa shape index (κ3) is 4.50. The molecule has 2 rings (SSSR count). The van der Waals surface area contributed by atoms with Gasteiger partial charge in [0.15, 0.2) is 0 Å². The zero-order valence-electron chi connectivity index (χ0n) is 12.0. The van der Waals surface area contributed by atoms with E-state index in [1.807, 2.05) is 25.1 Å². The first-order valence-corrected chi connectivity index (χ1v) is 6.89. The highest BCUT2D eigenvalue weighted by atomic mass is 16.5. The summed E-state index contributed by atoms with van der Waals surface area (Å²) >= 11 is 0. The molecule has 0 bridgehead atoms. The zero-order valence-corrected chi connectivity index (χ0v) is 12.0. The number of hydrogen-bond donors (Lipinski definition) is 1. The van der Waals surface area contributed by atoms with E-state index in [1.54, 1.807) is 12.4 Å². The second-order valence-corrected chi connectivity index (χ2v) is 4.55. The van der Waals surface area contributed by atoms with Gasteiger partial charge in [-0.15, -0.1) is 0 Å². The number of hydrogen-bond acceptors (Lipinski definition) is 5. The predicted octanol–water partition coefficient (Wildman–Crippen LogP) is 2.97. The molecule has 0 atom stereocenters. The van der Waals surface area contributed by atoms with Crippen molar-refractivity contribution >= 4 is 5.82 Å². The maximum Gasteiger partial charge on any atom is 0.218 e. The maximum atomic E-state index is 5.62. The molecular weight excluding hydrogens is 252 g/mol. The Morgan fingerprint density at radius 3 is 2.75 bits per heavy atom. The summed E-state index contributed by atoms with van der Waals surface area (Å²) in [5, 5.41) is 3.27. The fraction of sp³-hybridized carbons (Fsp3) is 0.400. The molecule has 0 amide bonds. The van der Waals surface area contributed by atoms with Gasteiger partial charge >= 0.3 is 0 Å². The van der Waals surface area contributed by atoms with Crippen LogP contribution in [-0.4, -0.2) is 21.6 Å². The van der Waals surface area contributed by atoms with Crippen molar-refractivity contribution in [2.75, 3.05) is 11.9 Å². The normalized spacial score (nSPS) is 10.3. The standard InChI is InChI=1S/C15H20N4O/c1-3-4-9-20-15-10-14(18-12(2)19-15)17-11-13-5-7-16-8-6-13/h5-8,10H,3-4,9,11H2,1-2H3,(H,17,18,19). The summed E-state index contributed by atoms with van der Waals surface area (Å²) in [6.07, 6.45) is 5.70. The summed E-state index contributed by atoms with van der Waals surface area (Å²) in [5.74, 6) is 2.11. The molecule has 5 nitrogen and oxygen atoms in total. The number of rotatable bonds is 7. The predicted molar refractivity (Wildman–Crippen MR) is 78.7 cm³/mol. The molecule has 5 heteroatoms. The highest BCUT2D eigenvalue weighted by Crippen LogP contribution is 2.14. The van der Waals surface area contributed by atoms with Crippen LogP contribution in [0.1, 0.15) is 31.2 Å². The summed E-state index contributed by atoms with van der Waals surface area (Å²) in [7, 11) is 0. The van der Waals surface area contributed by atoms with Crippen molar-refractivity contribution < 1.29 is 4.74 Å². The van der Waals surface area contributed by atoms with Gasteiger partial charge in [0, 0.05) is 25.0 Å². The van der Waals surface area contributed by atoms with Crippen LogP contribution in [0.3, 0.4) is 0 Å². The van der Waals surface area contributed by atoms with Crippen LogP contribution in [-0.2, 0) is 6.54 Å². The average molecular weight is 272 g/mol. The van der Waals surface area contributed by atoms with E-state index in [0.29, 0.717) is 24.9 Å². The quantitative estimate of drug-likeness (QED) is 0.785. The molecule has 0 unspecified atom stereocenters. The molecule has 0 aromatic carbocycles. The second kappa shape index (κ2) is 7.43. The molecule has 0 radical (unpaired) electrons. The van der Waals surface area contributed by atoms with E-state index in [0.717, 1.165) is 24.2 Å². The van der Waals surface area contributed by atoms with Crippen molar-refractivity contribution in [3.05, 3.63) is 42.0 Å². The number of pyridine rings is 1. The molecule has 0 saturated carbocycles. The van der Waals surface area contributed by atoms with Crippen molar-refractivity contribution in [2.24, 2.45) is 0 Å². The fourth-order valence-corrected chi connectivity index (χ4v) is 1.72. The molecule has 2 aromatic heterocycles. The van der Waals surface area contributed by atoms with Crippen molar-refractivity contribution in [3.63, 3.8) is 0 Å². The molecule has 0 aliphatic heterocycles. The van der Waals surface area contributed by atoms with Gasteiger partial charge in [-0.05, 0) is 31.0 Å². The molecule has 0 aliphatic rings. The van der Waals surface area contributed by atoms with Crippen molar-refractivity contribution in [1.82, 2.24) is 15.0 Å². The van der Waals surface area contributed by atoms with Gasteiger partial charge in [-0.2, -0.15) is 4.98 Å². The van der Waals surface area contributed by atoms with Crippen LogP contribution in [0.25, 0.3) is 0 Å². The molecular formula is C15H20N4O. The Morgan fingerprint density at radius 2 is 2.00 bits per heavy atom. The molecule has 2 heterocycles. The Labute approximate surface area is 119 Å². The second-order valence-electron chi connectivity index (χ2n) is 4.55. The van der Waals surface area contributed by atoms with Gasteiger partial charge in [-0.1, -0.05) is 13.3 Å². The van der Waals surface area contributed by atoms with Gasteiger partial charge in [0.25, 0.3) is 0 Å². The Hall–Kier alpha value is -2.17. The smallest absolute Gasteiger partial charge is 0.218 e. The zero-order chi connectivity index (χ0) is 14.2. The van der Waals surface area contributed by atoms with Crippen molar-refractivity contribution in [2.45, 2.75) is 33.2 Å². The third-order valence-electron chi connectivity index (χ3n) is 2.79. The van der Waals surface area contributed by atoms with E-state index in [4.69, 9.17) is 4.74 Å². The van der Waals surface area contributed by atoms with Crippen LogP contribution in [0, 0.1) is 6.92 Å². The first-order valence-electron chi connectivity index (χ1n) is 6.89. The lowest BCUT2D eigenvalue weighted by molar-refractivity contribution is 0.296. The lowest BCUT2D eigenvalue weighted by atomic mass is 10.3. The summed E-state index contributed by atoms with van der Waals surface area (Å²) in [4.78, 5) is 12.6. The van der Waals surface area contributed by atoms with E-state index in [9.17, 15) is 0 Å². The van der Waals surface area contributed by atoms with Gasteiger partial charge in [-0.3, -0.25) is 4.98 Å². The summed E-state index contributed by atoms with van der Waals surface area (Å²) < 4.78 is 5.62. The van der Waals surface area contributed by atoms with Gasteiger partial charge in [0.2, 0.25) is 5.88 Å². The van der Waals surface area contributed by atoms with E-state index in [-0.39, 0.29) is 0 Å². The fourth-order valence-electron chi connectivity index (χ4n) is 1.72. The Bertz CT molecular complexity index is 531. The van der Waals surface area contributed by atoms with Gasteiger partial charge in [0.1, 0.15) is 11.6 Å². The number of nitrogens with one attached hydrogen (secondary N) is 1. The van der Waals surface area contributed by atoms with Crippen molar-refractivity contribution in [3.8, 4) is 5.88 Å². The molecule has 106 valence electrons. The van der Waals surface area contributed by atoms with Crippen LogP contribution < -0.4 is 10.1 Å². The minimum atomic E-state index is 0.628. The molecule has 0 fully saturated rings. The van der Waals surface area contributed by atoms with Crippen molar-refractivity contribution in [1.29, 1.82) is 0 Å². The topological polar surface area (TPSA) is 59.9 Å².